The molecule has 0 saturated heterocycles. The Kier molecular flexibility index (Phi) is 6.33. The molecular formula is C20H13Cl2N3O3. The van der Waals surface area contributed by atoms with E-state index in [1.165, 1.54) is 12.3 Å². The van der Waals surface area contributed by atoms with Crippen LogP contribution in [0.5, 0.6) is 17.4 Å². The highest BCUT2D eigenvalue weighted by Gasteiger charge is 2.12. The van der Waals surface area contributed by atoms with Crippen LogP contribution in [0.4, 0.5) is 5.69 Å². The summed E-state index contributed by atoms with van der Waals surface area (Å²) in [7, 11) is 0. The van der Waals surface area contributed by atoms with E-state index in [1.807, 2.05) is 6.07 Å². The van der Waals surface area contributed by atoms with Crippen LogP contribution in [0.15, 0.2) is 60.8 Å². The molecule has 0 aliphatic carbocycles. The molecule has 2 aromatic carbocycles. The van der Waals surface area contributed by atoms with Gasteiger partial charge in [0, 0.05) is 6.20 Å². The van der Waals surface area contributed by atoms with Gasteiger partial charge < -0.3 is 14.8 Å². The van der Waals surface area contributed by atoms with Crippen molar-refractivity contribution in [3.05, 3.63) is 76.4 Å². The van der Waals surface area contributed by atoms with Gasteiger partial charge in [0.05, 0.1) is 22.3 Å². The molecule has 6 nitrogen and oxygen atoms in total. The van der Waals surface area contributed by atoms with Gasteiger partial charge in [0.1, 0.15) is 10.8 Å². The first-order valence-corrected chi connectivity index (χ1v) is 8.81. The van der Waals surface area contributed by atoms with E-state index >= 15 is 0 Å². The van der Waals surface area contributed by atoms with Crippen molar-refractivity contribution in [3.63, 3.8) is 0 Å². The molecule has 0 spiro atoms. The maximum absolute atomic E-state index is 12.2. The number of benzene rings is 2. The zero-order valence-electron chi connectivity index (χ0n) is 14.4. The molecule has 0 fully saturated rings. The zero-order chi connectivity index (χ0) is 19.9. The van der Waals surface area contributed by atoms with Gasteiger partial charge >= 0.3 is 0 Å². The Morgan fingerprint density at radius 3 is 2.61 bits per heavy atom. The Balaban J connectivity index is 1.65. The van der Waals surface area contributed by atoms with Gasteiger partial charge in [0.2, 0.25) is 5.88 Å². The normalized spacial score (nSPS) is 10.0. The molecule has 0 saturated carbocycles. The highest BCUT2D eigenvalue weighted by atomic mass is 35.5. The number of halogens is 2. The fourth-order valence-electron chi connectivity index (χ4n) is 2.20. The van der Waals surface area contributed by atoms with Crippen LogP contribution in [-0.2, 0) is 4.79 Å². The molecule has 3 aromatic rings. The summed E-state index contributed by atoms with van der Waals surface area (Å²) < 4.78 is 11.1. The number of aromatic nitrogens is 1. The SMILES string of the molecule is N#Cc1ccc(OCC(=O)Nc2ccccc2Oc2ncc(Cl)cc2Cl)cc1. The number of pyridine rings is 1. The van der Waals surface area contributed by atoms with E-state index in [9.17, 15) is 4.79 Å². The molecule has 1 N–H and O–H groups in total. The van der Waals surface area contributed by atoms with Gasteiger partial charge in [-0.3, -0.25) is 4.79 Å². The van der Waals surface area contributed by atoms with Gasteiger partial charge in [-0.2, -0.15) is 5.26 Å². The number of carbonyl (C=O) groups excluding carboxylic acids is 1. The molecule has 1 heterocycles. The summed E-state index contributed by atoms with van der Waals surface area (Å²) in [5.74, 6) is 0.638. The largest absolute Gasteiger partial charge is 0.484 e. The molecule has 0 unspecified atom stereocenters. The minimum Gasteiger partial charge on any atom is -0.484 e. The smallest absolute Gasteiger partial charge is 0.262 e. The topological polar surface area (TPSA) is 84.2 Å². The van der Waals surface area contributed by atoms with Crippen molar-refractivity contribution in [1.82, 2.24) is 4.98 Å². The number of carbonyl (C=O) groups is 1. The van der Waals surface area contributed by atoms with Crippen LogP contribution in [0.2, 0.25) is 10.0 Å². The molecule has 0 atom stereocenters. The van der Waals surface area contributed by atoms with Gasteiger partial charge in [-0.15, -0.1) is 0 Å². The van der Waals surface area contributed by atoms with Gasteiger partial charge in [0.15, 0.2) is 12.4 Å². The maximum atomic E-state index is 12.2. The van der Waals surface area contributed by atoms with Crippen LogP contribution in [0, 0.1) is 11.3 Å². The Morgan fingerprint density at radius 1 is 1.14 bits per heavy atom. The van der Waals surface area contributed by atoms with Crippen molar-refractivity contribution in [1.29, 1.82) is 5.26 Å². The molecule has 0 aliphatic heterocycles. The second-order valence-electron chi connectivity index (χ2n) is 5.51. The summed E-state index contributed by atoms with van der Waals surface area (Å²) in [6, 6.07) is 16.8. The van der Waals surface area contributed by atoms with E-state index in [2.05, 4.69) is 10.3 Å². The van der Waals surface area contributed by atoms with E-state index in [0.717, 1.165) is 0 Å². The lowest BCUT2D eigenvalue weighted by Gasteiger charge is -2.13. The Labute approximate surface area is 171 Å². The van der Waals surface area contributed by atoms with Crippen LogP contribution in [-0.4, -0.2) is 17.5 Å². The summed E-state index contributed by atoms with van der Waals surface area (Å²) in [4.78, 5) is 16.3. The van der Waals surface area contributed by atoms with Crippen molar-refractivity contribution >= 4 is 34.8 Å². The first kappa shape index (κ1) is 19.5. The number of amides is 1. The average Bonchev–Trinajstić information content (AvgIpc) is 2.70. The second-order valence-corrected chi connectivity index (χ2v) is 6.36. The standard InChI is InChI=1S/C20H13Cl2N3O3/c21-14-9-16(22)20(24-11-14)28-18-4-2-1-3-17(18)25-19(26)12-27-15-7-5-13(10-23)6-8-15/h1-9,11H,12H2,(H,25,26). The minimum atomic E-state index is -0.379. The van der Waals surface area contributed by atoms with E-state index < -0.39 is 0 Å². The highest BCUT2D eigenvalue weighted by Crippen LogP contribution is 2.33. The van der Waals surface area contributed by atoms with Crippen LogP contribution >= 0.6 is 23.2 Å². The predicted molar refractivity (Wildman–Crippen MR) is 106 cm³/mol. The quantitative estimate of drug-likeness (QED) is 0.609. The fourth-order valence-corrected chi connectivity index (χ4v) is 2.62. The van der Waals surface area contributed by atoms with Crippen molar-refractivity contribution in [2.75, 3.05) is 11.9 Å². The fraction of sp³-hybridized carbons (Fsp3) is 0.0500. The van der Waals surface area contributed by atoms with Crippen LogP contribution in [0.25, 0.3) is 0 Å². The Hall–Kier alpha value is -3.27. The first-order valence-electron chi connectivity index (χ1n) is 8.06. The van der Waals surface area contributed by atoms with Gasteiger partial charge in [-0.1, -0.05) is 35.3 Å². The summed E-state index contributed by atoms with van der Waals surface area (Å²) in [6.45, 7) is -0.208. The Bertz CT molecular complexity index is 1030. The van der Waals surface area contributed by atoms with Crippen molar-refractivity contribution in [2.45, 2.75) is 0 Å². The van der Waals surface area contributed by atoms with Crippen molar-refractivity contribution in [2.24, 2.45) is 0 Å². The monoisotopic (exact) mass is 413 g/mol. The molecular weight excluding hydrogens is 401 g/mol. The molecule has 1 aromatic heterocycles. The number of nitriles is 1. The number of hydrogen-bond donors (Lipinski definition) is 1. The summed E-state index contributed by atoms with van der Waals surface area (Å²) in [5.41, 5.74) is 0.945. The average molecular weight is 414 g/mol. The van der Waals surface area contributed by atoms with Crippen molar-refractivity contribution in [3.8, 4) is 23.4 Å². The third-order valence-corrected chi connectivity index (χ3v) is 3.97. The molecule has 1 amide bonds. The first-order chi connectivity index (χ1) is 13.5. The lowest BCUT2D eigenvalue weighted by atomic mass is 10.2. The molecule has 0 bridgehead atoms. The molecule has 8 heteroatoms. The van der Waals surface area contributed by atoms with Crippen LogP contribution in [0.1, 0.15) is 5.56 Å². The second kappa shape index (κ2) is 9.09. The number of rotatable bonds is 6. The summed E-state index contributed by atoms with van der Waals surface area (Å²) in [6.07, 6.45) is 1.41. The predicted octanol–water partition coefficient (Wildman–Crippen LogP) is 5.07. The third kappa shape index (κ3) is 5.13. The maximum Gasteiger partial charge on any atom is 0.262 e. The molecule has 0 aliphatic rings. The number of para-hydroxylation sites is 2. The van der Waals surface area contributed by atoms with Gasteiger partial charge in [-0.05, 0) is 42.5 Å². The van der Waals surface area contributed by atoms with E-state index in [1.54, 1.807) is 48.5 Å². The van der Waals surface area contributed by atoms with Gasteiger partial charge in [-0.25, -0.2) is 4.98 Å². The molecule has 28 heavy (non-hydrogen) atoms. The summed E-state index contributed by atoms with van der Waals surface area (Å²) in [5, 5.41) is 12.1. The lowest BCUT2D eigenvalue weighted by molar-refractivity contribution is -0.118. The van der Waals surface area contributed by atoms with E-state index in [4.69, 9.17) is 37.9 Å². The molecule has 0 radical (unpaired) electrons. The number of anilines is 1. The zero-order valence-corrected chi connectivity index (χ0v) is 15.9. The van der Waals surface area contributed by atoms with Crippen molar-refractivity contribution < 1.29 is 14.3 Å². The minimum absolute atomic E-state index is 0.168. The lowest BCUT2D eigenvalue weighted by Crippen LogP contribution is -2.20. The van der Waals surface area contributed by atoms with E-state index in [-0.39, 0.29) is 23.4 Å². The van der Waals surface area contributed by atoms with E-state index in [0.29, 0.717) is 27.8 Å². The van der Waals surface area contributed by atoms with Crippen LogP contribution < -0.4 is 14.8 Å². The molecule has 140 valence electrons. The van der Waals surface area contributed by atoms with Gasteiger partial charge in [0.25, 0.3) is 5.91 Å². The highest BCUT2D eigenvalue weighted by molar-refractivity contribution is 6.35. The Morgan fingerprint density at radius 2 is 1.89 bits per heavy atom. The number of ether oxygens (including phenoxy) is 2. The number of hydrogen-bond acceptors (Lipinski definition) is 5. The number of nitrogens with one attached hydrogen (secondary N) is 1. The summed E-state index contributed by atoms with van der Waals surface area (Å²) >= 11 is 11.9. The number of nitrogens with zero attached hydrogens (tertiary/aromatic N) is 2. The molecule has 3 rings (SSSR count). The van der Waals surface area contributed by atoms with Crippen LogP contribution in [0.3, 0.4) is 0 Å². The third-order valence-electron chi connectivity index (χ3n) is 3.50.